The van der Waals surface area contributed by atoms with Crippen LogP contribution in [0.5, 0.6) is 0 Å². The molecule has 0 radical (unpaired) electrons. The average molecular weight is 435 g/mol. The van der Waals surface area contributed by atoms with E-state index in [4.69, 9.17) is 9.97 Å². The smallest absolute Gasteiger partial charge is 0.234 e. The van der Waals surface area contributed by atoms with Gasteiger partial charge >= 0.3 is 0 Å². The third-order valence-electron chi connectivity index (χ3n) is 5.57. The van der Waals surface area contributed by atoms with Crippen molar-refractivity contribution in [2.24, 2.45) is 0 Å². The van der Waals surface area contributed by atoms with Crippen LogP contribution < -0.4 is 10.2 Å². The zero-order valence-corrected chi connectivity index (χ0v) is 19.0. The van der Waals surface area contributed by atoms with Crippen LogP contribution in [0.1, 0.15) is 44.6 Å². The first kappa shape index (κ1) is 21.6. The molecule has 0 bridgehead atoms. The first-order valence-corrected chi connectivity index (χ1v) is 12.2. The van der Waals surface area contributed by atoms with Gasteiger partial charge in [0, 0.05) is 18.8 Å². The van der Waals surface area contributed by atoms with Gasteiger partial charge in [0.1, 0.15) is 5.03 Å². The number of aromatic nitrogens is 2. The van der Waals surface area contributed by atoms with Gasteiger partial charge in [0.25, 0.3) is 0 Å². The third kappa shape index (κ3) is 5.76. The summed E-state index contributed by atoms with van der Waals surface area (Å²) in [7, 11) is 0. The number of rotatable bonds is 8. The van der Waals surface area contributed by atoms with E-state index in [2.05, 4.69) is 29.3 Å². The van der Waals surface area contributed by atoms with Crippen LogP contribution in [0.25, 0.3) is 11.0 Å². The molecule has 2 heterocycles. The summed E-state index contributed by atoms with van der Waals surface area (Å²) in [4.78, 5) is 24.7. The van der Waals surface area contributed by atoms with Crippen molar-refractivity contribution in [3.8, 4) is 0 Å². The van der Waals surface area contributed by atoms with Crippen molar-refractivity contribution in [2.75, 3.05) is 29.1 Å². The highest BCUT2D eigenvalue weighted by Crippen LogP contribution is 2.31. The number of benzene rings is 2. The summed E-state index contributed by atoms with van der Waals surface area (Å²) < 4.78 is 0. The van der Waals surface area contributed by atoms with Crippen LogP contribution in [0.2, 0.25) is 0 Å². The molecule has 0 unspecified atom stereocenters. The number of nitrogens with zero attached hydrogens (tertiary/aromatic N) is 3. The summed E-state index contributed by atoms with van der Waals surface area (Å²) in [6.07, 6.45) is 7.07. The number of anilines is 2. The lowest BCUT2D eigenvalue weighted by Gasteiger charge is -2.29. The van der Waals surface area contributed by atoms with Crippen molar-refractivity contribution in [2.45, 2.75) is 50.5 Å². The Morgan fingerprint density at radius 1 is 1.00 bits per heavy atom. The molecule has 1 fully saturated rings. The standard InChI is InChI=1S/C25H30N4OS/c1-2-3-9-19-12-14-20(15-13-19)26-23(30)18-31-25-24(29-16-7-4-8-17-29)27-21-10-5-6-11-22(21)28-25/h5-6,10-15H,2-4,7-9,16-18H2,1H3,(H,26,30). The van der Waals surface area contributed by atoms with Gasteiger partial charge in [-0.2, -0.15) is 0 Å². The summed E-state index contributed by atoms with van der Waals surface area (Å²) in [5.74, 6) is 1.20. The van der Waals surface area contributed by atoms with Gasteiger partial charge in [-0.05, 0) is 61.9 Å². The highest BCUT2D eigenvalue weighted by atomic mass is 32.2. The molecule has 162 valence electrons. The average Bonchev–Trinajstić information content (AvgIpc) is 2.82. The van der Waals surface area contributed by atoms with E-state index in [1.165, 1.54) is 49.4 Å². The second-order valence-electron chi connectivity index (χ2n) is 8.03. The van der Waals surface area contributed by atoms with Gasteiger partial charge in [0.15, 0.2) is 5.82 Å². The number of piperidine rings is 1. The van der Waals surface area contributed by atoms with Gasteiger partial charge in [-0.3, -0.25) is 4.79 Å². The fraction of sp³-hybridized carbons (Fsp3) is 0.400. The minimum absolute atomic E-state index is 0.0224. The Bertz CT molecular complexity index is 1020. The first-order chi connectivity index (χ1) is 15.2. The molecule has 1 saturated heterocycles. The van der Waals surface area contributed by atoms with E-state index < -0.39 is 0 Å². The highest BCUT2D eigenvalue weighted by molar-refractivity contribution is 8.00. The Morgan fingerprint density at radius 3 is 2.42 bits per heavy atom. The largest absolute Gasteiger partial charge is 0.354 e. The monoisotopic (exact) mass is 434 g/mol. The molecule has 6 heteroatoms. The lowest BCUT2D eigenvalue weighted by Crippen LogP contribution is -2.31. The first-order valence-electron chi connectivity index (χ1n) is 11.3. The fourth-order valence-corrected chi connectivity index (χ4v) is 4.66. The fourth-order valence-electron chi connectivity index (χ4n) is 3.85. The van der Waals surface area contributed by atoms with Gasteiger partial charge in [-0.25, -0.2) is 9.97 Å². The quantitative estimate of drug-likeness (QED) is 0.461. The number of para-hydroxylation sites is 2. The molecule has 1 amide bonds. The molecule has 0 atom stereocenters. The molecule has 2 aromatic carbocycles. The maximum absolute atomic E-state index is 12.6. The van der Waals surface area contributed by atoms with E-state index in [0.29, 0.717) is 5.75 Å². The number of hydrogen-bond donors (Lipinski definition) is 1. The SMILES string of the molecule is CCCCc1ccc(NC(=O)CSc2nc3ccccc3nc2N2CCCCC2)cc1. The second-order valence-corrected chi connectivity index (χ2v) is 8.99. The number of nitrogens with one attached hydrogen (secondary N) is 1. The van der Waals surface area contributed by atoms with E-state index in [1.807, 2.05) is 36.4 Å². The number of amides is 1. The van der Waals surface area contributed by atoms with Gasteiger partial charge in [0.2, 0.25) is 5.91 Å². The molecular formula is C25H30N4OS. The predicted octanol–water partition coefficient (Wildman–Crippen LogP) is 5.69. The zero-order valence-electron chi connectivity index (χ0n) is 18.1. The van der Waals surface area contributed by atoms with E-state index in [9.17, 15) is 4.79 Å². The van der Waals surface area contributed by atoms with Crippen molar-refractivity contribution >= 4 is 40.2 Å². The molecule has 0 spiro atoms. The minimum Gasteiger partial charge on any atom is -0.354 e. The molecule has 3 aromatic rings. The Labute approximate surface area is 188 Å². The Morgan fingerprint density at radius 2 is 1.71 bits per heavy atom. The van der Waals surface area contributed by atoms with Gasteiger partial charge in [-0.1, -0.05) is 49.4 Å². The summed E-state index contributed by atoms with van der Waals surface area (Å²) in [6, 6.07) is 16.1. The van der Waals surface area contributed by atoms with E-state index >= 15 is 0 Å². The topological polar surface area (TPSA) is 58.1 Å². The van der Waals surface area contributed by atoms with Gasteiger partial charge in [-0.15, -0.1) is 0 Å². The number of thioether (sulfide) groups is 1. The van der Waals surface area contributed by atoms with Crippen molar-refractivity contribution in [3.63, 3.8) is 0 Å². The van der Waals surface area contributed by atoms with Crippen LogP contribution in [0.4, 0.5) is 11.5 Å². The minimum atomic E-state index is -0.0224. The number of carbonyl (C=O) groups excluding carboxylic acids is 1. The molecule has 5 nitrogen and oxygen atoms in total. The Kier molecular flexibility index (Phi) is 7.41. The van der Waals surface area contributed by atoms with E-state index in [-0.39, 0.29) is 5.91 Å². The van der Waals surface area contributed by atoms with Crippen molar-refractivity contribution in [1.29, 1.82) is 0 Å². The van der Waals surface area contributed by atoms with Crippen molar-refractivity contribution in [3.05, 3.63) is 54.1 Å². The van der Waals surface area contributed by atoms with Crippen LogP contribution in [0.15, 0.2) is 53.6 Å². The summed E-state index contributed by atoms with van der Waals surface area (Å²) in [5, 5.41) is 3.85. The lowest BCUT2D eigenvalue weighted by atomic mass is 10.1. The number of unbranched alkanes of at least 4 members (excludes halogenated alkanes) is 1. The van der Waals surface area contributed by atoms with Gasteiger partial charge < -0.3 is 10.2 Å². The molecule has 0 aliphatic carbocycles. The lowest BCUT2D eigenvalue weighted by molar-refractivity contribution is -0.113. The second kappa shape index (κ2) is 10.6. The summed E-state index contributed by atoms with van der Waals surface area (Å²) in [6.45, 7) is 4.19. The molecule has 1 aliphatic rings. The summed E-state index contributed by atoms with van der Waals surface area (Å²) in [5.41, 5.74) is 3.92. The molecule has 31 heavy (non-hydrogen) atoms. The van der Waals surface area contributed by atoms with Crippen LogP contribution in [-0.4, -0.2) is 34.7 Å². The van der Waals surface area contributed by atoms with Crippen LogP contribution in [0, 0.1) is 0 Å². The van der Waals surface area contributed by atoms with Crippen LogP contribution in [0.3, 0.4) is 0 Å². The third-order valence-corrected chi connectivity index (χ3v) is 6.53. The van der Waals surface area contributed by atoms with E-state index in [1.54, 1.807) is 0 Å². The number of fused-ring (bicyclic) bond motifs is 1. The predicted molar refractivity (Wildman–Crippen MR) is 130 cm³/mol. The molecule has 0 saturated carbocycles. The van der Waals surface area contributed by atoms with Gasteiger partial charge in [0.05, 0.1) is 16.8 Å². The number of hydrogen-bond acceptors (Lipinski definition) is 5. The number of carbonyl (C=O) groups is 1. The molecule has 1 aromatic heterocycles. The van der Waals surface area contributed by atoms with Crippen LogP contribution >= 0.6 is 11.8 Å². The normalized spacial score (nSPS) is 14.0. The zero-order chi connectivity index (χ0) is 21.5. The summed E-state index contributed by atoms with van der Waals surface area (Å²) >= 11 is 1.47. The number of aryl methyl sites for hydroxylation is 1. The Hall–Kier alpha value is -2.60. The molecule has 1 N–H and O–H groups in total. The molecular weight excluding hydrogens is 404 g/mol. The molecule has 1 aliphatic heterocycles. The molecule has 4 rings (SSSR count). The Balaban J connectivity index is 1.44. The maximum Gasteiger partial charge on any atom is 0.234 e. The van der Waals surface area contributed by atoms with E-state index in [0.717, 1.165) is 47.1 Å². The van der Waals surface area contributed by atoms with Crippen molar-refractivity contribution < 1.29 is 4.79 Å². The van der Waals surface area contributed by atoms with Crippen LogP contribution in [-0.2, 0) is 11.2 Å². The maximum atomic E-state index is 12.6. The van der Waals surface area contributed by atoms with Crippen molar-refractivity contribution in [1.82, 2.24) is 9.97 Å². The highest BCUT2D eigenvalue weighted by Gasteiger charge is 2.19.